The molecule has 0 aliphatic carbocycles. The Morgan fingerprint density at radius 3 is 2.52 bits per heavy atom. The average molecular weight is 486 g/mol. The van der Waals surface area contributed by atoms with E-state index in [9.17, 15) is 14.4 Å². The molecule has 1 aliphatic rings. The van der Waals surface area contributed by atoms with Gasteiger partial charge in [0.2, 0.25) is 0 Å². The van der Waals surface area contributed by atoms with Gasteiger partial charge in [0.05, 0.1) is 28.2 Å². The number of rotatable bonds is 4. The van der Waals surface area contributed by atoms with Crippen LogP contribution in [0.15, 0.2) is 23.0 Å². The fraction of sp³-hybridized carbons (Fsp3) is 0.348. The maximum Gasteiger partial charge on any atom is 0.277 e. The third kappa shape index (κ3) is 4.43. The second kappa shape index (κ2) is 9.07. The number of anilines is 1. The fourth-order valence-electron chi connectivity index (χ4n) is 3.89. The van der Waals surface area contributed by atoms with Gasteiger partial charge in [-0.2, -0.15) is 5.10 Å². The van der Waals surface area contributed by atoms with Crippen molar-refractivity contribution in [3.63, 3.8) is 0 Å². The molecule has 3 heterocycles. The molecule has 1 aliphatic heterocycles. The van der Waals surface area contributed by atoms with Crippen LogP contribution in [0.25, 0.3) is 10.6 Å². The third-order valence-electron chi connectivity index (χ3n) is 5.80. The summed E-state index contributed by atoms with van der Waals surface area (Å²) in [6.45, 7) is 6.75. The molecular formula is C23H24ClN5O3S. The summed E-state index contributed by atoms with van der Waals surface area (Å²) in [5.74, 6) is -0.548. The summed E-state index contributed by atoms with van der Waals surface area (Å²) in [6, 6.07) is 4.85. The van der Waals surface area contributed by atoms with Crippen LogP contribution in [0.1, 0.15) is 49.8 Å². The maximum atomic E-state index is 13.2. The number of hydrogen-bond donors (Lipinski definition) is 1. The molecule has 0 unspecified atom stereocenters. The molecule has 2 aromatic heterocycles. The largest absolute Gasteiger partial charge is 0.339 e. The van der Waals surface area contributed by atoms with E-state index in [0.717, 1.165) is 35.4 Å². The maximum absolute atomic E-state index is 13.2. The minimum atomic E-state index is -0.394. The Kier molecular flexibility index (Phi) is 6.36. The first kappa shape index (κ1) is 23.1. The van der Waals surface area contributed by atoms with Crippen LogP contribution in [0.4, 0.5) is 5.69 Å². The number of carbonyl (C=O) groups excluding carboxylic acids is 2. The normalized spacial score (nSPS) is 13.4. The molecule has 3 aromatic rings. The molecule has 0 spiro atoms. The molecule has 0 saturated carbocycles. The highest BCUT2D eigenvalue weighted by Gasteiger charge is 2.25. The van der Waals surface area contributed by atoms with Crippen molar-refractivity contribution in [3.05, 3.63) is 61.0 Å². The summed E-state index contributed by atoms with van der Waals surface area (Å²) in [4.78, 5) is 45.5. The van der Waals surface area contributed by atoms with E-state index in [1.54, 1.807) is 37.1 Å². The van der Waals surface area contributed by atoms with E-state index in [0.29, 0.717) is 50.5 Å². The number of aryl methyl sites for hydroxylation is 3. The number of hydrogen-bond acceptors (Lipinski definition) is 6. The van der Waals surface area contributed by atoms with Crippen molar-refractivity contribution in [3.8, 4) is 10.6 Å². The van der Waals surface area contributed by atoms with Crippen LogP contribution in [-0.4, -0.2) is 44.6 Å². The number of nitrogens with one attached hydrogen (secondary N) is 1. The molecule has 1 aromatic carbocycles. The van der Waals surface area contributed by atoms with Gasteiger partial charge >= 0.3 is 0 Å². The van der Waals surface area contributed by atoms with Gasteiger partial charge < -0.3 is 10.2 Å². The molecule has 33 heavy (non-hydrogen) atoms. The highest BCUT2D eigenvalue weighted by Crippen LogP contribution is 2.30. The Bertz CT molecular complexity index is 1320. The van der Waals surface area contributed by atoms with Crippen molar-refractivity contribution in [1.82, 2.24) is 19.7 Å². The lowest BCUT2D eigenvalue weighted by molar-refractivity contribution is 0.0794. The molecule has 0 bridgehead atoms. The summed E-state index contributed by atoms with van der Waals surface area (Å²) in [7, 11) is 1.59. The lowest BCUT2D eigenvalue weighted by Crippen LogP contribution is -2.28. The second-order valence-electron chi connectivity index (χ2n) is 8.09. The van der Waals surface area contributed by atoms with Crippen molar-refractivity contribution < 1.29 is 9.59 Å². The highest BCUT2D eigenvalue weighted by atomic mass is 35.5. The quantitative estimate of drug-likeness (QED) is 0.603. The summed E-state index contributed by atoms with van der Waals surface area (Å²) < 4.78 is 1.28. The van der Waals surface area contributed by atoms with Gasteiger partial charge in [-0.15, -0.1) is 11.3 Å². The monoisotopic (exact) mass is 485 g/mol. The number of aromatic nitrogens is 3. The molecule has 0 atom stereocenters. The van der Waals surface area contributed by atoms with Crippen LogP contribution < -0.4 is 10.9 Å². The lowest BCUT2D eigenvalue weighted by atomic mass is 10.1. The van der Waals surface area contributed by atoms with E-state index >= 15 is 0 Å². The van der Waals surface area contributed by atoms with Crippen LogP contribution in [0.3, 0.4) is 0 Å². The Morgan fingerprint density at radius 1 is 1.12 bits per heavy atom. The molecule has 10 heteroatoms. The first-order valence-corrected chi connectivity index (χ1v) is 11.8. The third-order valence-corrected chi connectivity index (χ3v) is 7.20. The van der Waals surface area contributed by atoms with E-state index in [1.165, 1.54) is 4.68 Å². The van der Waals surface area contributed by atoms with Crippen LogP contribution >= 0.6 is 22.9 Å². The lowest BCUT2D eigenvalue weighted by Gasteiger charge is -2.18. The topological polar surface area (TPSA) is 97.2 Å². The molecule has 1 fully saturated rings. The van der Waals surface area contributed by atoms with Crippen molar-refractivity contribution in [2.45, 2.75) is 33.6 Å². The predicted octanol–water partition coefficient (Wildman–Crippen LogP) is 3.97. The molecule has 172 valence electrons. The number of nitrogens with zero attached hydrogens (tertiary/aromatic N) is 4. The fourth-order valence-corrected chi connectivity index (χ4v) is 5.11. The molecule has 1 saturated heterocycles. The van der Waals surface area contributed by atoms with Crippen LogP contribution in [0, 0.1) is 20.8 Å². The zero-order valence-electron chi connectivity index (χ0n) is 18.9. The Hall–Kier alpha value is -3.04. The van der Waals surface area contributed by atoms with E-state index < -0.39 is 5.91 Å². The van der Waals surface area contributed by atoms with E-state index in [1.807, 2.05) is 13.8 Å². The van der Waals surface area contributed by atoms with Gasteiger partial charge in [0.15, 0.2) is 0 Å². The first-order valence-electron chi connectivity index (χ1n) is 10.6. The number of halogens is 1. The van der Waals surface area contributed by atoms with Gasteiger partial charge in [-0.25, -0.2) is 9.67 Å². The summed E-state index contributed by atoms with van der Waals surface area (Å²) >= 11 is 7.29. The van der Waals surface area contributed by atoms with Crippen LogP contribution in [-0.2, 0) is 7.05 Å². The number of carbonyl (C=O) groups is 2. The van der Waals surface area contributed by atoms with Crippen molar-refractivity contribution in [1.29, 1.82) is 0 Å². The van der Waals surface area contributed by atoms with Crippen molar-refractivity contribution in [2.75, 3.05) is 18.4 Å². The number of amides is 2. The van der Waals surface area contributed by atoms with Gasteiger partial charge in [-0.1, -0.05) is 11.6 Å². The Labute approximate surface area is 200 Å². The van der Waals surface area contributed by atoms with E-state index in [4.69, 9.17) is 11.6 Å². The molecule has 2 amide bonds. The Morgan fingerprint density at radius 2 is 1.82 bits per heavy atom. The Balaban J connectivity index is 1.67. The first-order chi connectivity index (χ1) is 15.7. The highest BCUT2D eigenvalue weighted by molar-refractivity contribution is 7.17. The van der Waals surface area contributed by atoms with Crippen molar-refractivity contribution in [2.24, 2.45) is 7.05 Å². The average Bonchev–Trinajstić information content (AvgIpc) is 3.43. The van der Waals surface area contributed by atoms with E-state index in [2.05, 4.69) is 15.4 Å². The predicted molar refractivity (Wildman–Crippen MR) is 129 cm³/mol. The standard InChI is InChI=1S/C23H24ClN5O3S/c1-12-13(2)27-28(4)23(32)18(12)21-25-14(3)19(33-21)20(30)26-17-8-7-15(24)11-16(17)22(31)29-9-5-6-10-29/h7-8,11H,5-6,9-10H2,1-4H3,(H,26,30). The second-order valence-corrected chi connectivity index (χ2v) is 9.53. The van der Waals surface area contributed by atoms with Crippen LogP contribution in [0.2, 0.25) is 5.02 Å². The molecule has 8 nitrogen and oxygen atoms in total. The SMILES string of the molecule is Cc1nc(-c2c(C)c(C)nn(C)c2=O)sc1C(=O)Nc1ccc(Cl)cc1C(=O)N1CCCC1. The zero-order valence-corrected chi connectivity index (χ0v) is 20.4. The molecule has 0 radical (unpaired) electrons. The number of benzene rings is 1. The number of thiazole rings is 1. The van der Waals surface area contributed by atoms with Gasteiger partial charge in [-0.05, 0) is 57.4 Å². The van der Waals surface area contributed by atoms with Gasteiger partial charge in [-0.3, -0.25) is 14.4 Å². The van der Waals surface area contributed by atoms with Gasteiger partial charge in [0.25, 0.3) is 17.4 Å². The minimum Gasteiger partial charge on any atom is -0.339 e. The minimum absolute atomic E-state index is 0.154. The smallest absolute Gasteiger partial charge is 0.277 e. The molecule has 1 N–H and O–H groups in total. The summed E-state index contributed by atoms with van der Waals surface area (Å²) in [5.41, 5.74) is 2.87. The summed E-state index contributed by atoms with van der Waals surface area (Å²) in [6.07, 6.45) is 1.92. The van der Waals surface area contributed by atoms with Gasteiger partial charge in [0, 0.05) is 25.2 Å². The number of likely N-dealkylation sites (tertiary alicyclic amines) is 1. The molecule has 4 rings (SSSR count). The summed E-state index contributed by atoms with van der Waals surface area (Å²) in [5, 5.41) is 7.93. The van der Waals surface area contributed by atoms with Gasteiger partial charge in [0.1, 0.15) is 9.88 Å². The van der Waals surface area contributed by atoms with Crippen LogP contribution in [0.5, 0.6) is 0 Å². The van der Waals surface area contributed by atoms with E-state index in [-0.39, 0.29) is 11.5 Å². The zero-order chi connectivity index (χ0) is 23.9. The van der Waals surface area contributed by atoms with Crippen molar-refractivity contribution >= 4 is 40.4 Å². The molecular weight excluding hydrogens is 462 g/mol.